The van der Waals surface area contributed by atoms with Gasteiger partial charge in [0, 0.05) is 36.2 Å². The number of para-hydroxylation sites is 1. The van der Waals surface area contributed by atoms with Crippen LogP contribution >= 0.6 is 0 Å². The number of carbonyl (C=O) groups excluding carboxylic acids is 1. The summed E-state index contributed by atoms with van der Waals surface area (Å²) in [6.45, 7) is 2.58. The number of hydrogen-bond donors (Lipinski definition) is 4. The van der Waals surface area contributed by atoms with Crippen molar-refractivity contribution < 1.29 is 19.4 Å². The van der Waals surface area contributed by atoms with E-state index in [1.54, 1.807) is 36.7 Å². The summed E-state index contributed by atoms with van der Waals surface area (Å²) in [5, 5.41) is 16.6. The second kappa shape index (κ2) is 13.4. The first-order chi connectivity index (χ1) is 21.9. The molecule has 8 heteroatoms. The number of aromatic nitrogens is 2. The van der Waals surface area contributed by atoms with E-state index in [4.69, 9.17) is 4.74 Å². The van der Waals surface area contributed by atoms with E-state index in [0.29, 0.717) is 23.5 Å². The van der Waals surface area contributed by atoms with E-state index in [1.807, 2.05) is 24.4 Å². The molecule has 1 aromatic heterocycles. The monoisotopic (exact) mass is 602 g/mol. The highest BCUT2D eigenvalue weighted by molar-refractivity contribution is 5.97. The lowest BCUT2D eigenvalue weighted by molar-refractivity contribution is -0.138. The molecule has 0 saturated carbocycles. The average Bonchev–Trinajstić information content (AvgIpc) is 3.61. The Kier molecular flexibility index (Phi) is 8.93. The van der Waals surface area contributed by atoms with Gasteiger partial charge in [-0.3, -0.25) is 9.59 Å². The number of rotatable bonds is 11. The maximum absolute atomic E-state index is 13.5. The van der Waals surface area contributed by atoms with Gasteiger partial charge in [0.2, 0.25) is 0 Å². The molecule has 1 aliphatic heterocycles. The van der Waals surface area contributed by atoms with Gasteiger partial charge in [0.25, 0.3) is 5.91 Å². The molecule has 0 bridgehead atoms. The molecule has 1 aliphatic carbocycles. The smallest absolute Gasteiger partial charge is 0.312 e. The van der Waals surface area contributed by atoms with E-state index in [0.717, 1.165) is 30.5 Å². The highest BCUT2D eigenvalue weighted by Crippen LogP contribution is 2.43. The summed E-state index contributed by atoms with van der Waals surface area (Å²) < 4.78 is 6.11. The molecule has 1 amide bonds. The number of allylic oxidation sites excluding steroid dienone is 4. The van der Waals surface area contributed by atoms with Gasteiger partial charge in [-0.15, -0.1) is 0 Å². The average molecular weight is 603 g/mol. The van der Waals surface area contributed by atoms with Gasteiger partial charge in [-0.05, 0) is 42.5 Å². The molecule has 45 heavy (non-hydrogen) atoms. The summed E-state index contributed by atoms with van der Waals surface area (Å²) in [4.78, 5) is 33.1. The third kappa shape index (κ3) is 6.47. The number of nitrogens with one attached hydrogen (secondary N) is 3. The highest BCUT2D eigenvalue weighted by Gasteiger charge is 2.37. The minimum absolute atomic E-state index is 0.0334. The molecule has 0 radical (unpaired) electrons. The zero-order valence-electron chi connectivity index (χ0n) is 25.3. The van der Waals surface area contributed by atoms with Crippen LogP contribution in [-0.4, -0.2) is 40.1 Å². The third-order valence-corrected chi connectivity index (χ3v) is 8.98. The molecule has 8 nitrogen and oxygen atoms in total. The number of aliphatic carboxylic acids is 1. The number of hydrogen-bond acceptors (Lipinski definition) is 5. The molecule has 0 spiro atoms. The SMILES string of the molecule is Cc1ccccc1C1(CC(NC2CCOc3c(C(=O)NCC(C(=O)O)c4ccccc4)cccc32)c2cnc[nH]2)C=CC=CC1. The lowest BCUT2D eigenvalue weighted by Crippen LogP contribution is -2.37. The fourth-order valence-electron chi connectivity index (χ4n) is 6.68. The number of aryl methyl sites for hydroxylation is 1. The van der Waals surface area contributed by atoms with Gasteiger partial charge in [-0.1, -0.05) is 91.0 Å². The Hall–Kier alpha value is -4.95. The molecule has 0 fully saturated rings. The van der Waals surface area contributed by atoms with Crippen LogP contribution in [-0.2, 0) is 10.2 Å². The number of carboxylic acids is 1. The van der Waals surface area contributed by atoms with Crippen LogP contribution in [0.5, 0.6) is 5.75 Å². The number of imidazole rings is 1. The Balaban J connectivity index is 1.26. The Morgan fingerprint density at radius 3 is 2.62 bits per heavy atom. The first kappa shape index (κ1) is 30.1. The lowest BCUT2D eigenvalue weighted by Gasteiger charge is -2.38. The lowest BCUT2D eigenvalue weighted by atomic mass is 9.69. The van der Waals surface area contributed by atoms with Gasteiger partial charge in [-0.25, -0.2) is 4.98 Å². The van der Waals surface area contributed by atoms with Crippen LogP contribution in [0.3, 0.4) is 0 Å². The van der Waals surface area contributed by atoms with Crippen molar-refractivity contribution in [2.24, 2.45) is 0 Å². The highest BCUT2D eigenvalue weighted by atomic mass is 16.5. The van der Waals surface area contributed by atoms with Crippen molar-refractivity contribution in [3.63, 3.8) is 0 Å². The molecule has 230 valence electrons. The number of H-pyrrole nitrogens is 1. The van der Waals surface area contributed by atoms with Crippen LogP contribution < -0.4 is 15.4 Å². The van der Waals surface area contributed by atoms with Crippen LogP contribution in [0.4, 0.5) is 0 Å². The molecular weight excluding hydrogens is 564 g/mol. The summed E-state index contributed by atoms with van der Waals surface area (Å²) in [5.41, 5.74) is 5.28. The van der Waals surface area contributed by atoms with Gasteiger partial charge >= 0.3 is 5.97 Å². The standard InChI is InChI=1S/C37H38N4O4/c1-25-11-6-7-16-30(25)37(18-8-3-9-19-37)21-32(33-23-38-24-40-33)41-31-17-20-45-34-27(31)14-10-15-28(34)35(42)39-22-29(36(43)44)26-12-4-2-5-13-26/h2-16,18,23-24,29,31-32,41H,17,19-22H2,1H3,(H,38,40)(H,39,42)(H,43,44). The molecule has 0 saturated heterocycles. The maximum Gasteiger partial charge on any atom is 0.312 e. The fourth-order valence-corrected chi connectivity index (χ4v) is 6.68. The van der Waals surface area contributed by atoms with E-state index in [-0.39, 0.29) is 30.0 Å². The normalized spacial score (nSPS) is 20.1. The van der Waals surface area contributed by atoms with Gasteiger partial charge < -0.3 is 25.5 Å². The molecule has 2 aliphatic rings. The summed E-state index contributed by atoms with van der Waals surface area (Å²) in [6, 6.07) is 23.0. The zero-order chi connectivity index (χ0) is 31.2. The van der Waals surface area contributed by atoms with Crippen LogP contribution in [0, 0.1) is 6.92 Å². The Morgan fingerprint density at radius 2 is 1.89 bits per heavy atom. The van der Waals surface area contributed by atoms with E-state index in [2.05, 4.69) is 76.1 Å². The predicted molar refractivity (Wildman–Crippen MR) is 173 cm³/mol. The minimum Gasteiger partial charge on any atom is -0.492 e. The number of aromatic amines is 1. The van der Waals surface area contributed by atoms with Crippen molar-refractivity contribution in [3.05, 3.63) is 143 Å². The molecule has 4 atom stereocenters. The number of carbonyl (C=O) groups is 2. The number of ether oxygens (including phenoxy) is 1. The fraction of sp³-hybridized carbons (Fsp3) is 0.270. The van der Waals surface area contributed by atoms with Gasteiger partial charge in [-0.2, -0.15) is 0 Å². The first-order valence-corrected chi connectivity index (χ1v) is 15.4. The van der Waals surface area contributed by atoms with E-state index in [1.165, 1.54) is 11.1 Å². The maximum atomic E-state index is 13.5. The largest absolute Gasteiger partial charge is 0.492 e. The van der Waals surface area contributed by atoms with Gasteiger partial charge in [0.15, 0.2) is 0 Å². The number of benzene rings is 3. The van der Waals surface area contributed by atoms with E-state index in [9.17, 15) is 14.7 Å². The number of nitrogens with zero attached hydrogens (tertiary/aromatic N) is 1. The second-order valence-electron chi connectivity index (χ2n) is 11.8. The topological polar surface area (TPSA) is 116 Å². The van der Waals surface area contributed by atoms with Crippen molar-refractivity contribution >= 4 is 11.9 Å². The quantitative estimate of drug-likeness (QED) is 0.160. The predicted octanol–water partition coefficient (Wildman–Crippen LogP) is 6.32. The van der Waals surface area contributed by atoms with Crippen molar-refractivity contribution in [2.45, 2.75) is 49.6 Å². The molecule has 6 rings (SSSR count). The van der Waals surface area contributed by atoms with E-state index >= 15 is 0 Å². The third-order valence-electron chi connectivity index (χ3n) is 8.98. The van der Waals surface area contributed by atoms with Crippen LogP contribution in [0.2, 0.25) is 0 Å². The summed E-state index contributed by atoms with van der Waals surface area (Å²) in [7, 11) is 0. The van der Waals surface area contributed by atoms with Crippen molar-refractivity contribution in [2.75, 3.05) is 13.2 Å². The Morgan fingerprint density at radius 1 is 1.07 bits per heavy atom. The Labute approximate surface area is 263 Å². The van der Waals surface area contributed by atoms with Crippen molar-refractivity contribution in [3.8, 4) is 5.75 Å². The first-order valence-electron chi connectivity index (χ1n) is 15.4. The number of carboxylic acid groups (broad SMARTS) is 1. The van der Waals surface area contributed by atoms with Gasteiger partial charge in [0.1, 0.15) is 5.75 Å². The molecule has 3 aromatic carbocycles. The molecule has 4 N–H and O–H groups in total. The molecule has 4 unspecified atom stereocenters. The summed E-state index contributed by atoms with van der Waals surface area (Å²) >= 11 is 0. The summed E-state index contributed by atoms with van der Waals surface area (Å²) in [6.07, 6.45) is 14.8. The van der Waals surface area contributed by atoms with Gasteiger partial charge in [0.05, 0.1) is 36.2 Å². The zero-order valence-corrected chi connectivity index (χ0v) is 25.3. The number of fused-ring (bicyclic) bond motifs is 1. The van der Waals surface area contributed by atoms with Crippen LogP contribution in [0.15, 0.2) is 110 Å². The molecule has 4 aromatic rings. The second-order valence-corrected chi connectivity index (χ2v) is 11.8. The van der Waals surface area contributed by atoms with Crippen LogP contribution in [0.1, 0.15) is 75.6 Å². The van der Waals surface area contributed by atoms with Crippen LogP contribution in [0.25, 0.3) is 0 Å². The summed E-state index contributed by atoms with van der Waals surface area (Å²) in [5.74, 6) is -1.68. The Bertz CT molecular complexity index is 1700. The van der Waals surface area contributed by atoms with Crippen molar-refractivity contribution in [1.29, 1.82) is 0 Å². The number of amides is 1. The molecule has 2 heterocycles. The molecular formula is C37H38N4O4. The van der Waals surface area contributed by atoms with E-state index < -0.39 is 11.9 Å². The van der Waals surface area contributed by atoms with Crippen molar-refractivity contribution in [1.82, 2.24) is 20.6 Å². The minimum atomic E-state index is -0.992.